The Morgan fingerprint density at radius 1 is 0.938 bits per heavy atom. The van der Waals surface area contributed by atoms with Gasteiger partial charge in [-0.15, -0.1) is 0 Å². The summed E-state index contributed by atoms with van der Waals surface area (Å²) in [7, 11) is 3.43. The lowest BCUT2D eigenvalue weighted by molar-refractivity contribution is 0.262. The molecule has 3 aromatic carbocycles. The van der Waals surface area contributed by atoms with Crippen molar-refractivity contribution < 1.29 is 13.9 Å². The highest BCUT2D eigenvalue weighted by atomic mass is 79.9. The molecule has 0 aliphatic rings. The number of carbonyl (C=O) groups is 1. The predicted molar refractivity (Wildman–Crippen MR) is 127 cm³/mol. The van der Waals surface area contributed by atoms with E-state index in [1.165, 1.54) is 12.1 Å². The number of halogens is 2. The quantitative estimate of drug-likeness (QED) is 0.341. The first-order valence-corrected chi connectivity index (χ1v) is 10.5. The van der Waals surface area contributed by atoms with Gasteiger partial charge in [-0.3, -0.25) is 4.68 Å². The van der Waals surface area contributed by atoms with Crippen LogP contribution < -0.4 is 15.4 Å². The lowest BCUT2D eigenvalue weighted by Crippen LogP contribution is -2.19. The first-order valence-electron chi connectivity index (χ1n) is 9.74. The van der Waals surface area contributed by atoms with Crippen molar-refractivity contribution in [3.8, 4) is 28.1 Å². The van der Waals surface area contributed by atoms with Gasteiger partial charge in [0, 0.05) is 24.0 Å². The fourth-order valence-electron chi connectivity index (χ4n) is 3.35. The summed E-state index contributed by atoms with van der Waals surface area (Å²) in [5, 5.41) is 9.96. The number of nitrogens with zero attached hydrogens (tertiary/aromatic N) is 2. The van der Waals surface area contributed by atoms with Crippen LogP contribution >= 0.6 is 15.9 Å². The Labute approximate surface area is 193 Å². The van der Waals surface area contributed by atoms with Crippen molar-refractivity contribution in [3.05, 3.63) is 83.2 Å². The minimum atomic E-state index is -0.388. The summed E-state index contributed by atoms with van der Waals surface area (Å²) >= 11 is 3.53. The largest absolute Gasteiger partial charge is 0.497 e. The maximum absolute atomic E-state index is 13.4. The van der Waals surface area contributed by atoms with Crippen LogP contribution in [0.2, 0.25) is 0 Å². The standard InChI is InChI=1S/C24H20BrFN4O2/c1-30-23(22(25)14-27-30)17-11-16(15-3-5-18(26)6-4-15)12-20(13-17)29-24(31)28-19-7-9-21(32-2)10-8-19/h3-14H,1-2H3,(H2,28,29,31). The number of hydrogen-bond acceptors (Lipinski definition) is 3. The fourth-order valence-corrected chi connectivity index (χ4v) is 3.93. The smallest absolute Gasteiger partial charge is 0.323 e. The second-order valence-corrected chi connectivity index (χ2v) is 7.93. The third-order valence-corrected chi connectivity index (χ3v) is 5.46. The van der Waals surface area contributed by atoms with Gasteiger partial charge in [0.1, 0.15) is 11.6 Å². The number of rotatable bonds is 5. The van der Waals surface area contributed by atoms with Crippen molar-refractivity contribution in [2.45, 2.75) is 0 Å². The molecule has 32 heavy (non-hydrogen) atoms. The van der Waals surface area contributed by atoms with Crippen molar-refractivity contribution in [3.63, 3.8) is 0 Å². The summed E-state index contributed by atoms with van der Waals surface area (Å²) in [6, 6.07) is 18.6. The SMILES string of the molecule is COc1ccc(NC(=O)Nc2cc(-c3ccc(F)cc3)cc(-c3c(Br)cnn3C)c2)cc1. The maximum Gasteiger partial charge on any atom is 0.323 e. The van der Waals surface area contributed by atoms with Crippen LogP contribution in [-0.4, -0.2) is 22.9 Å². The van der Waals surface area contributed by atoms with Gasteiger partial charge in [0.15, 0.2) is 0 Å². The molecule has 0 fully saturated rings. The molecule has 0 spiro atoms. The average molecular weight is 495 g/mol. The molecular formula is C24H20BrFN4O2. The molecule has 0 unspecified atom stereocenters. The molecule has 1 aromatic heterocycles. The fraction of sp³-hybridized carbons (Fsp3) is 0.0833. The van der Waals surface area contributed by atoms with Crippen molar-refractivity contribution >= 4 is 33.3 Å². The number of anilines is 2. The van der Waals surface area contributed by atoms with Crippen LogP contribution in [0.1, 0.15) is 0 Å². The number of urea groups is 1. The molecule has 162 valence electrons. The number of methoxy groups -OCH3 is 1. The molecule has 0 saturated heterocycles. The molecule has 0 saturated carbocycles. The van der Waals surface area contributed by atoms with E-state index < -0.39 is 0 Å². The molecule has 4 rings (SSSR count). The number of nitrogens with one attached hydrogen (secondary N) is 2. The second kappa shape index (κ2) is 9.23. The molecule has 4 aromatic rings. The molecular weight excluding hydrogens is 475 g/mol. The summed E-state index contributed by atoms with van der Waals surface area (Å²) in [5.41, 5.74) is 4.57. The molecule has 0 aliphatic heterocycles. The minimum absolute atomic E-state index is 0.309. The zero-order chi connectivity index (χ0) is 22.7. The first-order chi connectivity index (χ1) is 15.4. The average Bonchev–Trinajstić information content (AvgIpc) is 3.12. The van der Waals surface area contributed by atoms with Crippen LogP contribution in [-0.2, 0) is 7.05 Å². The molecule has 1 heterocycles. The highest BCUT2D eigenvalue weighted by Crippen LogP contribution is 2.34. The Balaban J connectivity index is 1.67. The van der Waals surface area contributed by atoms with E-state index in [0.717, 1.165) is 26.9 Å². The van der Waals surface area contributed by atoms with Crippen molar-refractivity contribution in [1.29, 1.82) is 0 Å². The van der Waals surface area contributed by atoms with E-state index in [4.69, 9.17) is 4.74 Å². The number of ether oxygens (including phenoxy) is 1. The van der Waals surface area contributed by atoms with Crippen LogP contribution in [0, 0.1) is 5.82 Å². The number of hydrogen-bond donors (Lipinski definition) is 2. The summed E-state index contributed by atoms with van der Waals surface area (Å²) in [6.07, 6.45) is 1.71. The highest BCUT2D eigenvalue weighted by Gasteiger charge is 2.13. The van der Waals surface area contributed by atoms with E-state index in [1.807, 2.05) is 25.2 Å². The Bertz CT molecular complexity index is 1230. The normalized spacial score (nSPS) is 10.6. The van der Waals surface area contributed by atoms with Crippen molar-refractivity contribution in [2.75, 3.05) is 17.7 Å². The molecule has 2 N–H and O–H groups in total. The van der Waals surface area contributed by atoms with E-state index in [0.29, 0.717) is 17.1 Å². The van der Waals surface area contributed by atoms with E-state index in [1.54, 1.807) is 54.4 Å². The van der Waals surface area contributed by atoms with Gasteiger partial charge in [0.2, 0.25) is 0 Å². The van der Waals surface area contributed by atoms with Gasteiger partial charge < -0.3 is 15.4 Å². The Morgan fingerprint density at radius 2 is 1.59 bits per heavy atom. The number of amides is 2. The Morgan fingerprint density at radius 3 is 2.22 bits per heavy atom. The molecule has 2 amide bonds. The number of carbonyl (C=O) groups excluding carboxylic acids is 1. The van der Waals surface area contributed by atoms with Gasteiger partial charge >= 0.3 is 6.03 Å². The van der Waals surface area contributed by atoms with Crippen LogP contribution in [0.4, 0.5) is 20.6 Å². The van der Waals surface area contributed by atoms with Gasteiger partial charge in [0.25, 0.3) is 0 Å². The van der Waals surface area contributed by atoms with E-state index in [-0.39, 0.29) is 11.8 Å². The van der Waals surface area contributed by atoms with Gasteiger partial charge in [-0.05, 0) is 81.7 Å². The lowest BCUT2D eigenvalue weighted by atomic mass is 10.0. The number of benzene rings is 3. The third-order valence-electron chi connectivity index (χ3n) is 4.88. The summed E-state index contributed by atoms with van der Waals surface area (Å²) in [4.78, 5) is 12.6. The van der Waals surface area contributed by atoms with Crippen LogP contribution in [0.3, 0.4) is 0 Å². The van der Waals surface area contributed by atoms with Gasteiger partial charge in [-0.1, -0.05) is 12.1 Å². The summed E-state index contributed by atoms with van der Waals surface area (Å²) < 4.78 is 21.1. The number of aromatic nitrogens is 2. The van der Waals surface area contributed by atoms with Crippen LogP contribution in [0.25, 0.3) is 22.4 Å². The predicted octanol–water partition coefficient (Wildman–Crippen LogP) is 6.31. The van der Waals surface area contributed by atoms with E-state index in [2.05, 4.69) is 31.7 Å². The summed E-state index contributed by atoms with van der Waals surface area (Å²) in [6.45, 7) is 0. The lowest BCUT2D eigenvalue weighted by Gasteiger charge is -2.13. The first kappa shape index (κ1) is 21.6. The molecule has 6 nitrogen and oxygen atoms in total. The highest BCUT2D eigenvalue weighted by molar-refractivity contribution is 9.10. The topological polar surface area (TPSA) is 68.2 Å². The Kier molecular flexibility index (Phi) is 6.23. The molecule has 0 atom stereocenters. The van der Waals surface area contributed by atoms with E-state index in [9.17, 15) is 9.18 Å². The molecule has 0 radical (unpaired) electrons. The second-order valence-electron chi connectivity index (χ2n) is 7.08. The van der Waals surface area contributed by atoms with E-state index >= 15 is 0 Å². The van der Waals surface area contributed by atoms with Crippen LogP contribution in [0.15, 0.2) is 77.4 Å². The van der Waals surface area contributed by atoms with Crippen molar-refractivity contribution in [2.24, 2.45) is 7.05 Å². The van der Waals surface area contributed by atoms with Crippen LogP contribution in [0.5, 0.6) is 5.75 Å². The minimum Gasteiger partial charge on any atom is -0.497 e. The third kappa shape index (κ3) is 4.81. The monoisotopic (exact) mass is 494 g/mol. The molecule has 0 aliphatic carbocycles. The van der Waals surface area contributed by atoms with Gasteiger partial charge in [0.05, 0.1) is 23.5 Å². The van der Waals surface area contributed by atoms with Gasteiger partial charge in [-0.25, -0.2) is 9.18 Å². The van der Waals surface area contributed by atoms with Gasteiger partial charge in [-0.2, -0.15) is 5.10 Å². The molecule has 0 bridgehead atoms. The van der Waals surface area contributed by atoms with Crippen molar-refractivity contribution in [1.82, 2.24) is 9.78 Å². The molecule has 8 heteroatoms. The summed E-state index contributed by atoms with van der Waals surface area (Å²) in [5.74, 6) is 0.394. The number of aryl methyl sites for hydroxylation is 1. The zero-order valence-electron chi connectivity index (χ0n) is 17.4. The zero-order valence-corrected chi connectivity index (χ0v) is 19.0. The Hall–Kier alpha value is -3.65. The maximum atomic E-state index is 13.4.